The average molecular weight is 703 g/mol. The molecule has 1 spiro atoms. The van der Waals surface area contributed by atoms with Crippen LogP contribution in [-0.4, -0.2) is 38.1 Å². The number of fused-ring (bicyclic) bond motifs is 3. The molecule has 4 fully saturated rings. The second-order valence-electron chi connectivity index (χ2n) is 15.8. The maximum Gasteiger partial charge on any atom is 0.494 e. The summed E-state index contributed by atoms with van der Waals surface area (Å²) in [5, 5.41) is 0.453. The molecule has 50 heavy (non-hydrogen) atoms. The second kappa shape index (κ2) is 13.2. The Bertz CT molecular complexity index is 1710. The number of halogens is 1. The standard InChI is InChI=1S/C40H50BClNO7/c1-26-21-30-23-27(2)39(32(22-26)24-30)40(44-7,50-49-39)34-16-13-31(12-9-28-17-19-43(45-8)20-18-28)36(35(34)42)46-25-29-10-14-33(15-11-29)41-47-37(3,4)38(5,6)48-41/h9-20,26-27,30,32H,21-25H2,1-8H3/q+1/b12-9+. The molecule has 2 saturated heterocycles. The summed E-state index contributed by atoms with van der Waals surface area (Å²) < 4.78 is 27.2. The lowest BCUT2D eigenvalue weighted by Crippen LogP contribution is -2.74. The van der Waals surface area contributed by atoms with E-state index < -0.39 is 29.7 Å². The third-order valence-corrected chi connectivity index (χ3v) is 12.4. The van der Waals surface area contributed by atoms with Crippen molar-refractivity contribution in [3.63, 3.8) is 0 Å². The van der Waals surface area contributed by atoms with Crippen LogP contribution in [0.1, 0.15) is 89.5 Å². The van der Waals surface area contributed by atoms with Crippen LogP contribution in [0, 0.1) is 23.7 Å². The Morgan fingerprint density at radius 2 is 1.56 bits per heavy atom. The summed E-state index contributed by atoms with van der Waals surface area (Å²) in [6.45, 7) is 13.2. The molecule has 4 aliphatic rings. The van der Waals surface area contributed by atoms with E-state index in [1.54, 1.807) is 19.0 Å². The smallest absolute Gasteiger partial charge is 0.487 e. The first kappa shape index (κ1) is 35.5. The van der Waals surface area contributed by atoms with Crippen LogP contribution in [0.25, 0.3) is 12.2 Å². The van der Waals surface area contributed by atoms with Gasteiger partial charge in [-0.1, -0.05) is 74.0 Å². The lowest BCUT2D eigenvalue weighted by atomic mass is 9.54. The average Bonchev–Trinajstić information content (AvgIpc) is 3.30. The van der Waals surface area contributed by atoms with Crippen LogP contribution in [0.3, 0.4) is 0 Å². The maximum atomic E-state index is 7.43. The molecule has 10 heteroatoms. The van der Waals surface area contributed by atoms with E-state index in [-0.39, 0.29) is 5.92 Å². The zero-order chi connectivity index (χ0) is 35.5. The highest BCUT2D eigenvalue weighted by Gasteiger charge is 2.74. The molecule has 6 unspecified atom stereocenters. The van der Waals surface area contributed by atoms with E-state index in [9.17, 15) is 0 Å². The van der Waals surface area contributed by atoms with Crippen molar-refractivity contribution in [2.24, 2.45) is 23.7 Å². The van der Waals surface area contributed by atoms with Crippen molar-refractivity contribution in [1.82, 2.24) is 0 Å². The molecular formula is C40H50BClNO7+. The number of aromatic nitrogens is 1. The SMILES string of the molecule is CO[n+]1ccc(/C=C/c2ccc(C3(OC)OOC34C(C)CC3CC(C)CC4C3)c(Cl)c2OCc2ccc(B3OC(C)(C)C(C)(C)O3)cc2)cc1. The number of nitrogens with zero attached hydrogens (tertiary/aromatic N) is 1. The number of benzene rings is 2. The van der Waals surface area contributed by atoms with E-state index in [2.05, 4.69) is 41.5 Å². The third kappa shape index (κ3) is 5.88. The van der Waals surface area contributed by atoms with E-state index in [0.717, 1.165) is 47.0 Å². The van der Waals surface area contributed by atoms with E-state index in [1.165, 1.54) is 6.42 Å². The van der Waals surface area contributed by atoms with Gasteiger partial charge in [0.05, 0.1) is 16.2 Å². The summed E-state index contributed by atoms with van der Waals surface area (Å²) in [6, 6.07) is 16.2. The largest absolute Gasteiger partial charge is 0.494 e. The number of ether oxygens (including phenoxy) is 2. The lowest BCUT2D eigenvalue weighted by molar-refractivity contribution is -0.885. The Morgan fingerprint density at radius 1 is 0.860 bits per heavy atom. The number of pyridine rings is 1. The molecule has 0 amide bonds. The molecule has 3 aromatic rings. The Hall–Kier alpha value is -2.92. The van der Waals surface area contributed by atoms with Gasteiger partial charge < -0.3 is 18.8 Å². The number of hydrogen-bond acceptors (Lipinski definition) is 7. The van der Waals surface area contributed by atoms with Crippen LogP contribution in [0.2, 0.25) is 5.02 Å². The van der Waals surface area contributed by atoms with Crippen LogP contribution in [0.4, 0.5) is 0 Å². The Morgan fingerprint density at radius 3 is 2.18 bits per heavy atom. The van der Waals surface area contributed by atoms with Crippen molar-refractivity contribution in [2.75, 3.05) is 14.2 Å². The zero-order valence-corrected chi connectivity index (χ0v) is 31.3. The van der Waals surface area contributed by atoms with Gasteiger partial charge in [0.25, 0.3) is 5.79 Å². The Balaban J connectivity index is 1.21. The monoisotopic (exact) mass is 702 g/mol. The van der Waals surface area contributed by atoms with E-state index in [4.69, 9.17) is 45.0 Å². The summed E-state index contributed by atoms with van der Waals surface area (Å²) in [5.41, 5.74) is 3.05. The lowest BCUT2D eigenvalue weighted by Gasteiger charge is -2.65. The normalized spacial score (nSPS) is 31.2. The van der Waals surface area contributed by atoms with Crippen LogP contribution in [-0.2, 0) is 36.2 Å². The molecule has 0 radical (unpaired) electrons. The van der Waals surface area contributed by atoms with E-state index in [0.29, 0.717) is 35.1 Å². The van der Waals surface area contributed by atoms with Gasteiger partial charge in [0, 0.05) is 35.1 Å². The van der Waals surface area contributed by atoms with Gasteiger partial charge in [-0.2, -0.15) is 4.89 Å². The molecule has 6 atom stereocenters. The molecule has 2 aliphatic carbocycles. The maximum absolute atomic E-state index is 7.43. The molecule has 8 nitrogen and oxygen atoms in total. The molecular weight excluding hydrogens is 653 g/mol. The van der Waals surface area contributed by atoms with Gasteiger partial charge in [-0.15, -0.1) is 0 Å². The molecule has 0 N–H and O–H groups in total. The van der Waals surface area contributed by atoms with Gasteiger partial charge in [0.1, 0.15) is 19.5 Å². The molecule has 2 bridgehead atoms. The van der Waals surface area contributed by atoms with Gasteiger partial charge in [0.15, 0.2) is 5.60 Å². The van der Waals surface area contributed by atoms with Crippen LogP contribution in [0.5, 0.6) is 5.75 Å². The van der Waals surface area contributed by atoms with Crippen molar-refractivity contribution < 1.29 is 38.1 Å². The minimum absolute atomic E-state index is 0.225. The highest BCUT2D eigenvalue weighted by molar-refractivity contribution is 6.62. The van der Waals surface area contributed by atoms with Crippen LogP contribution < -0.4 is 19.8 Å². The Labute approximate surface area is 302 Å². The topological polar surface area (TPSA) is 68.5 Å². The van der Waals surface area contributed by atoms with Gasteiger partial charge in [0.2, 0.25) is 12.4 Å². The highest BCUT2D eigenvalue weighted by Crippen LogP contribution is 2.65. The van der Waals surface area contributed by atoms with Gasteiger partial charge in [-0.25, -0.2) is 4.89 Å². The number of rotatable bonds is 9. The van der Waals surface area contributed by atoms with Crippen molar-refractivity contribution in [3.8, 4) is 5.75 Å². The van der Waals surface area contributed by atoms with Gasteiger partial charge in [-0.05, 0) is 93.6 Å². The minimum Gasteiger partial charge on any atom is -0.487 e. The first-order valence-corrected chi connectivity index (χ1v) is 18.3. The first-order valence-electron chi connectivity index (χ1n) is 17.9. The summed E-state index contributed by atoms with van der Waals surface area (Å²) in [7, 11) is 2.90. The summed E-state index contributed by atoms with van der Waals surface area (Å²) >= 11 is 7.43. The molecule has 2 aromatic carbocycles. The fourth-order valence-corrected chi connectivity index (χ4v) is 9.08. The first-order chi connectivity index (χ1) is 23.8. The quantitative estimate of drug-likeness (QED) is 0.132. The molecule has 7 rings (SSSR count). The number of hydrogen-bond donors (Lipinski definition) is 0. The van der Waals surface area contributed by atoms with Crippen molar-refractivity contribution in [3.05, 3.63) is 88.2 Å². The fraction of sp³-hybridized carbons (Fsp3) is 0.525. The van der Waals surface area contributed by atoms with Gasteiger partial charge >= 0.3 is 7.12 Å². The number of methoxy groups -OCH3 is 1. The molecule has 1 aromatic heterocycles. The predicted molar refractivity (Wildman–Crippen MR) is 193 cm³/mol. The summed E-state index contributed by atoms with van der Waals surface area (Å²) in [5.74, 6) is 1.23. The molecule has 3 heterocycles. The molecule has 2 saturated carbocycles. The van der Waals surface area contributed by atoms with E-state index >= 15 is 0 Å². The van der Waals surface area contributed by atoms with Crippen LogP contribution >= 0.6 is 11.6 Å². The highest BCUT2D eigenvalue weighted by atomic mass is 35.5. The third-order valence-electron chi connectivity index (χ3n) is 12.0. The summed E-state index contributed by atoms with van der Waals surface area (Å²) in [4.78, 5) is 17.6. The fourth-order valence-electron chi connectivity index (χ4n) is 8.73. The predicted octanol–water partition coefficient (Wildman–Crippen LogP) is 7.33. The van der Waals surface area contributed by atoms with E-state index in [1.807, 2.05) is 73.1 Å². The Kier molecular flexibility index (Phi) is 9.40. The molecule has 2 aliphatic heterocycles. The second-order valence-corrected chi connectivity index (χ2v) is 16.1. The minimum atomic E-state index is -1.16. The molecule has 266 valence electrons. The summed E-state index contributed by atoms with van der Waals surface area (Å²) in [6.07, 6.45) is 12.3. The van der Waals surface area contributed by atoms with Crippen molar-refractivity contribution in [1.29, 1.82) is 0 Å². The van der Waals surface area contributed by atoms with Crippen molar-refractivity contribution in [2.45, 2.75) is 96.4 Å². The van der Waals surface area contributed by atoms with Crippen LogP contribution in [0.15, 0.2) is 60.9 Å². The van der Waals surface area contributed by atoms with Gasteiger partial charge in [-0.3, -0.25) is 4.84 Å². The van der Waals surface area contributed by atoms with Crippen molar-refractivity contribution >= 4 is 36.3 Å². The zero-order valence-electron chi connectivity index (χ0n) is 30.5.